The first-order valence-corrected chi connectivity index (χ1v) is 5.18. The second-order valence-electron chi connectivity index (χ2n) is 3.88. The summed E-state index contributed by atoms with van der Waals surface area (Å²) in [5.41, 5.74) is 0. The minimum absolute atomic E-state index is 0.224. The van der Waals surface area contributed by atoms with Gasteiger partial charge in [-0.05, 0) is 19.8 Å². The molecule has 0 aliphatic carbocycles. The van der Waals surface area contributed by atoms with E-state index < -0.39 is 0 Å². The van der Waals surface area contributed by atoms with Gasteiger partial charge < -0.3 is 5.11 Å². The first-order valence-electron chi connectivity index (χ1n) is 5.18. The molecule has 14 heavy (non-hydrogen) atoms. The highest BCUT2D eigenvalue weighted by atomic mass is 16.3. The van der Waals surface area contributed by atoms with E-state index in [1.165, 1.54) is 0 Å². The second-order valence-corrected chi connectivity index (χ2v) is 3.88. The Morgan fingerprint density at radius 2 is 2.21 bits per heavy atom. The van der Waals surface area contributed by atoms with Gasteiger partial charge in [-0.15, -0.1) is 0 Å². The monoisotopic (exact) mass is 197 g/mol. The molecule has 0 aliphatic heterocycles. The van der Waals surface area contributed by atoms with E-state index in [1.54, 1.807) is 6.33 Å². The molecule has 0 fully saturated rings. The lowest BCUT2D eigenvalue weighted by Crippen LogP contribution is -2.15. The molecule has 1 unspecified atom stereocenters. The Morgan fingerprint density at radius 1 is 1.50 bits per heavy atom. The molecule has 1 rings (SSSR count). The number of hydrogen-bond donors (Lipinski definition) is 1. The van der Waals surface area contributed by atoms with Crippen LogP contribution in [-0.4, -0.2) is 26.5 Å². The van der Waals surface area contributed by atoms with Crippen molar-refractivity contribution in [3.8, 4) is 0 Å². The molecule has 1 atom stereocenters. The molecule has 4 heteroatoms. The first-order chi connectivity index (χ1) is 6.69. The van der Waals surface area contributed by atoms with Gasteiger partial charge in [0.05, 0.1) is 0 Å². The molecule has 80 valence electrons. The molecule has 0 radical (unpaired) electrons. The summed E-state index contributed by atoms with van der Waals surface area (Å²) in [6, 6.07) is 0.337. The van der Waals surface area contributed by atoms with Crippen molar-refractivity contribution in [1.82, 2.24) is 14.8 Å². The van der Waals surface area contributed by atoms with Gasteiger partial charge in [0.2, 0.25) is 0 Å². The van der Waals surface area contributed by atoms with Crippen molar-refractivity contribution in [3.63, 3.8) is 0 Å². The van der Waals surface area contributed by atoms with E-state index in [1.807, 2.05) is 4.68 Å². The molecule has 1 aromatic heterocycles. The van der Waals surface area contributed by atoms with Crippen LogP contribution in [0.1, 0.15) is 39.1 Å². The highest BCUT2D eigenvalue weighted by Crippen LogP contribution is 2.12. The summed E-state index contributed by atoms with van der Waals surface area (Å²) in [4.78, 5) is 4.21. The summed E-state index contributed by atoms with van der Waals surface area (Å²) in [7, 11) is 0. The third-order valence-corrected chi connectivity index (χ3v) is 2.44. The second kappa shape index (κ2) is 5.10. The average molecular weight is 197 g/mol. The molecular weight excluding hydrogens is 178 g/mol. The first kappa shape index (κ1) is 11.2. The van der Waals surface area contributed by atoms with Gasteiger partial charge in [0, 0.05) is 19.1 Å². The zero-order chi connectivity index (χ0) is 10.6. The third kappa shape index (κ3) is 2.54. The molecule has 1 heterocycles. The van der Waals surface area contributed by atoms with Gasteiger partial charge in [-0.2, -0.15) is 5.10 Å². The highest BCUT2D eigenvalue weighted by molar-refractivity contribution is 4.88. The molecule has 1 aromatic rings. The Hall–Kier alpha value is -0.900. The Bertz CT molecular complexity index is 266. The van der Waals surface area contributed by atoms with E-state index in [0.29, 0.717) is 12.0 Å². The number of aliphatic hydroxyl groups is 1. The normalized spacial score (nSPS) is 13.5. The van der Waals surface area contributed by atoms with E-state index in [-0.39, 0.29) is 6.61 Å². The zero-order valence-electron chi connectivity index (χ0n) is 9.14. The van der Waals surface area contributed by atoms with Gasteiger partial charge in [-0.1, -0.05) is 13.3 Å². The Balaban J connectivity index is 2.70. The van der Waals surface area contributed by atoms with Crippen LogP contribution in [0.15, 0.2) is 6.33 Å². The summed E-state index contributed by atoms with van der Waals surface area (Å²) in [5, 5.41) is 13.3. The van der Waals surface area contributed by atoms with Crippen LogP contribution in [0.4, 0.5) is 0 Å². The van der Waals surface area contributed by atoms with Gasteiger partial charge in [0.15, 0.2) is 0 Å². The smallest absolute Gasteiger partial charge is 0.138 e. The van der Waals surface area contributed by atoms with Gasteiger partial charge in [-0.25, -0.2) is 9.67 Å². The topological polar surface area (TPSA) is 50.9 Å². The maximum Gasteiger partial charge on any atom is 0.138 e. The number of nitrogens with zero attached hydrogens (tertiary/aromatic N) is 3. The zero-order valence-corrected chi connectivity index (χ0v) is 9.14. The van der Waals surface area contributed by atoms with Gasteiger partial charge in [-0.3, -0.25) is 0 Å². The molecule has 0 bridgehead atoms. The molecule has 0 aromatic carbocycles. The fourth-order valence-electron chi connectivity index (χ4n) is 1.45. The minimum atomic E-state index is 0.224. The van der Waals surface area contributed by atoms with Crippen LogP contribution in [0.3, 0.4) is 0 Å². The van der Waals surface area contributed by atoms with Crippen LogP contribution in [0.25, 0.3) is 0 Å². The van der Waals surface area contributed by atoms with Gasteiger partial charge in [0.1, 0.15) is 12.2 Å². The molecule has 0 saturated carbocycles. The summed E-state index contributed by atoms with van der Waals surface area (Å²) in [6.07, 6.45) is 3.37. The fraction of sp³-hybridized carbons (Fsp3) is 0.800. The number of hydrogen-bond acceptors (Lipinski definition) is 3. The van der Waals surface area contributed by atoms with Crippen molar-refractivity contribution in [2.45, 2.75) is 39.7 Å². The van der Waals surface area contributed by atoms with Crippen molar-refractivity contribution in [3.05, 3.63) is 12.2 Å². The van der Waals surface area contributed by atoms with Gasteiger partial charge >= 0.3 is 0 Å². The average Bonchev–Trinajstić information content (AvgIpc) is 2.62. The molecule has 0 amide bonds. The standard InChI is InChI=1S/C10H19N3O/c1-4-9(6-14)5-10-11-7-12-13(10)8(2)3/h7-9,14H,4-6H2,1-3H3. The molecule has 0 saturated heterocycles. The number of aliphatic hydroxyl groups excluding tert-OH is 1. The lowest BCUT2D eigenvalue weighted by atomic mass is 10.0. The molecule has 4 nitrogen and oxygen atoms in total. The lowest BCUT2D eigenvalue weighted by Gasteiger charge is -2.13. The number of rotatable bonds is 5. The van der Waals surface area contributed by atoms with E-state index in [0.717, 1.165) is 18.7 Å². The van der Waals surface area contributed by atoms with Crippen molar-refractivity contribution < 1.29 is 5.11 Å². The van der Waals surface area contributed by atoms with Crippen LogP contribution in [0.5, 0.6) is 0 Å². The van der Waals surface area contributed by atoms with Crippen molar-refractivity contribution in [2.24, 2.45) is 5.92 Å². The molecule has 0 aliphatic rings. The predicted octanol–water partition coefficient (Wildman–Crippen LogP) is 1.42. The SMILES string of the molecule is CCC(CO)Cc1ncnn1C(C)C. The van der Waals surface area contributed by atoms with E-state index in [2.05, 4.69) is 30.9 Å². The van der Waals surface area contributed by atoms with Crippen LogP contribution >= 0.6 is 0 Å². The van der Waals surface area contributed by atoms with Crippen molar-refractivity contribution in [2.75, 3.05) is 6.61 Å². The van der Waals surface area contributed by atoms with Crippen LogP contribution < -0.4 is 0 Å². The summed E-state index contributed by atoms with van der Waals surface area (Å²) in [6.45, 7) is 6.47. The van der Waals surface area contributed by atoms with Crippen molar-refractivity contribution in [1.29, 1.82) is 0 Å². The third-order valence-electron chi connectivity index (χ3n) is 2.44. The summed E-state index contributed by atoms with van der Waals surface area (Å²) in [5.74, 6) is 1.28. The lowest BCUT2D eigenvalue weighted by molar-refractivity contribution is 0.218. The summed E-state index contributed by atoms with van der Waals surface area (Å²) >= 11 is 0. The Labute approximate surface area is 85.0 Å². The van der Waals surface area contributed by atoms with E-state index in [9.17, 15) is 0 Å². The number of aromatic nitrogens is 3. The maximum atomic E-state index is 9.10. The largest absolute Gasteiger partial charge is 0.396 e. The molecule has 0 spiro atoms. The fourth-order valence-corrected chi connectivity index (χ4v) is 1.45. The Morgan fingerprint density at radius 3 is 2.71 bits per heavy atom. The Kier molecular flexibility index (Phi) is 4.07. The minimum Gasteiger partial charge on any atom is -0.396 e. The van der Waals surface area contributed by atoms with Crippen LogP contribution in [0.2, 0.25) is 0 Å². The van der Waals surface area contributed by atoms with Crippen LogP contribution in [-0.2, 0) is 6.42 Å². The highest BCUT2D eigenvalue weighted by Gasteiger charge is 2.12. The molecular formula is C10H19N3O. The molecule has 1 N–H and O–H groups in total. The quantitative estimate of drug-likeness (QED) is 0.776. The predicted molar refractivity (Wildman–Crippen MR) is 55.0 cm³/mol. The maximum absolute atomic E-state index is 9.10. The summed E-state index contributed by atoms with van der Waals surface area (Å²) < 4.78 is 1.92. The van der Waals surface area contributed by atoms with Crippen molar-refractivity contribution >= 4 is 0 Å². The van der Waals surface area contributed by atoms with E-state index >= 15 is 0 Å². The van der Waals surface area contributed by atoms with Gasteiger partial charge in [0.25, 0.3) is 0 Å². The van der Waals surface area contributed by atoms with Crippen LogP contribution in [0, 0.1) is 5.92 Å². The van der Waals surface area contributed by atoms with E-state index in [4.69, 9.17) is 5.11 Å².